The Morgan fingerprint density at radius 2 is 2.18 bits per heavy atom. The molecular formula is C12H15BrO4. The van der Waals surface area contributed by atoms with Crippen molar-refractivity contribution in [1.82, 2.24) is 0 Å². The van der Waals surface area contributed by atoms with Crippen LogP contribution in [0.3, 0.4) is 0 Å². The van der Waals surface area contributed by atoms with Crippen LogP contribution in [0.5, 0.6) is 11.5 Å². The topological polar surface area (TPSA) is 44.8 Å². The minimum Gasteiger partial charge on any atom is -0.497 e. The number of hydrogen-bond acceptors (Lipinski definition) is 4. The Balaban J connectivity index is 2.44. The van der Waals surface area contributed by atoms with E-state index in [1.165, 1.54) is 0 Å². The Labute approximate surface area is 109 Å². The maximum absolute atomic E-state index is 11.1. The number of ether oxygens (including phenoxy) is 3. The van der Waals surface area contributed by atoms with Crippen molar-refractivity contribution in [3.8, 4) is 11.5 Å². The van der Waals surface area contributed by atoms with Gasteiger partial charge in [-0.25, -0.2) is 0 Å². The highest BCUT2D eigenvalue weighted by atomic mass is 79.9. The fraction of sp³-hybridized carbons (Fsp3) is 0.417. The van der Waals surface area contributed by atoms with E-state index < -0.39 is 0 Å². The van der Waals surface area contributed by atoms with E-state index >= 15 is 0 Å². The van der Waals surface area contributed by atoms with Crippen LogP contribution in [0.15, 0.2) is 22.7 Å². The maximum Gasteiger partial charge on any atom is 0.309 e. The van der Waals surface area contributed by atoms with Crippen molar-refractivity contribution >= 4 is 21.9 Å². The molecule has 0 aliphatic heterocycles. The highest BCUT2D eigenvalue weighted by molar-refractivity contribution is 9.10. The molecule has 0 unspecified atom stereocenters. The molecular weight excluding hydrogens is 288 g/mol. The quantitative estimate of drug-likeness (QED) is 0.758. The van der Waals surface area contributed by atoms with Gasteiger partial charge in [-0.05, 0) is 41.1 Å². The second-order valence-electron chi connectivity index (χ2n) is 3.20. The van der Waals surface area contributed by atoms with Crippen LogP contribution in [-0.2, 0) is 9.53 Å². The van der Waals surface area contributed by atoms with Gasteiger partial charge >= 0.3 is 5.97 Å². The average molecular weight is 303 g/mol. The first-order chi connectivity index (χ1) is 8.17. The summed E-state index contributed by atoms with van der Waals surface area (Å²) in [7, 11) is 1.60. The number of rotatable bonds is 6. The molecule has 0 spiro atoms. The van der Waals surface area contributed by atoms with E-state index in [0.29, 0.717) is 19.0 Å². The molecule has 0 saturated heterocycles. The summed E-state index contributed by atoms with van der Waals surface area (Å²) in [5.41, 5.74) is 0. The zero-order valence-electron chi connectivity index (χ0n) is 9.86. The van der Waals surface area contributed by atoms with Crippen LogP contribution in [0.4, 0.5) is 0 Å². The van der Waals surface area contributed by atoms with Crippen molar-refractivity contribution in [2.45, 2.75) is 13.3 Å². The lowest BCUT2D eigenvalue weighted by Gasteiger charge is -2.09. The molecule has 0 aliphatic carbocycles. The van der Waals surface area contributed by atoms with E-state index in [1.807, 2.05) is 0 Å². The highest BCUT2D eigenvalue weighted by Gasteiger charge is 2.05. The van der Waals surface area contributed by atoms with Crippen molar-refractivity contribution in [1.29, 1.82) is 0 Å². The minimum atomic E-state index is -0.253. The predicted molar refractivity (Wildman–Crippen MR) is 67.4 cm³/mol. The molecule has 0 aliphatic rings. The van der Waals surface area contributed by atoms with E-state index in [4.69, 9.17) is 14.2 Å². The van der Waals surface area contributed by atoms with Crippen molar-refractivity contribution in [2.24, 2.45) is 0 Å². The molecule has 0 N–H and O–H groups in total. The Morgan fingerprint density at radius 1 is 1.41 bits per heavy atom. The number of carbonyl (C=O) groups excluding carboxylic acids is 1. The van der Waals surface area contributed by atoms with Crippen LogP contribution in [0.2, 0.25) is 0 Å². The van der Waals surface area contributed by atoms with Gasteiger partial charge in [0.15, 0.2) is 0 Å². The van der Waals surface area contributed by atoms with Gasteiger partial charge in [-0.3, -0.25) is 4.79 Å². The Kier molecular flexibility index (Phi) is 5.83. The van der Waals surface area contributed by atoms with E-state index in [0.717, 1.165) is 10.2 Å². The second-order valence-corrected chi connectivity index (χ2v) is 4.05. The average Bonchev–Trinajstić information content (AvgIpc) is 2.31. The summed E-state index contributed by atoms with van der Waals surface area (Å²) in [6, 6.07) is 5.39. The van der Waals surface area contributed by atoms with Gasteiger partial charge in [0, 0.05) is 0 Å². The summed E-state index contributed by atoms with van der Waals surface area (Å²) in [6.07, 6.45) is 0.242. The van der Waals surface area contributed by atoms with Gasteiger partial charge in [0.05, 0.1) is 31.2 Å². The second kappa shape index (κ2) is 7.17. The lowest BCUT2D eigenvalue weighted by molar-refractivity contribution is -0.143. The fourth-order valence-corrected chi connectivity index (χ4v) is 1.68. The van der Waals surface area contributed by atoms with Crippen LogP contribution in [0, 0.1) is 0 Å². The SMILES string of the molecule is CCOC(=O)CCOc1ccc(OC)cc1Br. The lowest BCUT2D eigenvalue weighted by atomic mass is 10.3. The van der Waals surface area contributed by atoms with Crippen LogP contribution in [0.25, 0.3) is 0 Å². The Hall–Kier alpha value is -1.23. The molecule has 0 fully saturated rings. The monoisotopic (exact) mass is 302 g/mol. The zero-order chi connectivity index (χ0) is 12.7. The summed E-state index contributed by atoms with van der Waals surface area (Å²) < 4.78 is 16.1. The number of esters is 1. The maximum atomic E-state index is 11.1. The van der Waals surface area contributed by atoms with Crippen molar-refractivity contribution in [2.75, 3.05) is 20.3 Å². The molecule has 5 heteroatoms. The third kappa shape index (κ3) is 4.65. The smallest absolute Gasteiger partial charge is 0.309 e. The van der Waals surface area contributed by atoms with E-state index in [2.05, 4.69) is 15.9 Å². The summed E-state index contributed by atoms with van der Waals surface area (Å²) in [5, 5.41) is 0. The number of carbonyl (C=O) groups is 1. The normalized spacial score (nSPS) is 9.82. The number of hydrogen-bond donors (Lipinski definition) is 0. The molecule has 0 radical (unpaired) electrons. The molecule has 1 rings (SSSR count). The standard InChI is InChI=1S/C12H15BrO4/c1-3-16-12(14)6-7-17-11-5-4-9(15-2)8-10(11)13/h4-5,8H,3,6-7H2,1-2H3. The molecule has 4 nitrogen and oxygen atoms in total. The van der Waals surface area contributed by atoms with Crippen LogP contribution < -0.4 is 9.47 Å². The Bertz CT molecular complexity index is 379. The number of methoxy groups -OCH3 is 1. The van der Waals surface area contributed by atoms with E-state index in [1.54, 1.807) is 32.2 Å². The van der Waals surface area contributed by atoms with Crippen molar-refractivity contribution in [3.63, 3.8) is 0 Å². The molecule has 17 heavy (non-hydrogen) atoms. The minimum absolute atomic E-state index is 0.242. The molecule has 0 aromatic heterocycles. The van der Waals surface area contributed by atoms with Gasteiger partial charge in [-0.15, -0.1) is 0 Å². The van der Waals surface area contributed by atoms with Crippen molar-refractivity contribution < 1.29 is 19.0 Å². The molecule has 0 bridgehead atoms. The van der Waals surface area contributed by atoms with Gasteiger partial charge in [-0.1, -0.05) is 0 Å². The largest absolute Gasteiger partial charge is 0.497 e. The fourth-order valence-electron chi connectivity index (χ4n) is 1.20. The first-order valence-corrected chi connectivity index (χ1v) is 6.08. The molecule has 1 aromatic rings. The van der Waals surface area contributed by atoms with E-state index in [9.17, 15) is 4.79 Å². The molecule has 0 atom stereocenters. The van der Waals surface area contributed by atoms with Crippen molar-refractivity contribution in [3.05, 3.63) is 22.7 Å². The summed E-state index contributed by atoms with van der Waals surface area (Å²) >= 11 is 3.36. The van der Waals surface area contributed by atoms with Crippen LogP contribution in [-0.4, -0.2) is 26.3 Å². The van der Waals surface area contributed by atoms with Gasteiger partial charge < -0.3 is 14.2 Å². The third-order valence-corrected chi connectivity index (χ3v) is 2.63. The first-order valence-electron chi connectivity index (χ1n) is 5.29. The van der Waals surface area contributed by atoms with Crippen LogP contribution >= 0.6 is 15.9 Å². The molecule has 0 amide bonds. The molecule has 0 heterocycles. The van der Waals surface area contributed by atoms with Gasteiger partial charge in [-0.2, -0.15) is 0 Å². The van der Waals surface area contributed by atoms with Gasteiger partial charge in [0.25, 0.3) is 0 Å². The first kappa shape index (κ1) is 13.8. The molecule has 94 valence electrons. The Morgan fingerprint density at radius 3 is 2.76 bits per heavy atom. The number of halogens is 1. The molecule has 0 saturated carbocycles. The third-order valence-electron chi connectivity index (χ3n) is 2.01. The predicted octanol–water partition coefficient (Wildman–Crippen LogP) is 2.79. The highest BCUT2D eigenvalue weighted by Crippen LogP contribution is 2.29. The summed E-state index contributed by atoms with van der Waals surface area (Å²) in [5.74, 6) is 1.17. The summed E-state index contributed by atoms with van der Waals surface area (Å²) in [6.45, 7) is 2.47. The lowest BCUT2D eigenvalue weighted by Crippen LogP contribution is -2.09. The van der Waals surface area contributed by atoms with Gasteiger partial charge in [0.1, 0.15) is 11.5 Å². The van der Waals surface area contributed by atoms with Crippen LogP contribution in [0.1, 0.15) is 13.3 Å². The van der Waals surface area contributed by atoms with Gasteiger partial charge in [0.2, 0.25) is 0 Å². The van der Waals surface area contributed by atoms with E-state index in [-0.39, 0.29) is 12.4 Å². The number of benzene rings is 1. The zero-order valence-corrected chi connectivity index (χ0v) is 11.5. The summed E-state index contributed by atoms with van der Waals surface area (Å²) in [4.78, 5) is 11.1. The molecule has 1 aromatic carbocycles.